The van der Waals surface area contributed by atoms with E-state index in [9.17, 15) is 4.79 Å². The lowest BCUT2D eigenvalue weighted by Crippen LogP contribution is -2.17. The van der Waals surface area contributed by atoms with Gasteiger partial charge in [0.25, 0.3) is 5.91 Å². The van der Waals surface area contributed by atoms with E-state index in [0.717, 1.165) is 13.0 Å². The van der Waals surface area contributed by atoms with Crippen molar-refractivity contribution in [3.05, 3.63) is 47.0 Å². The molecule has 5 heteroatoms. The minimum Gasteiger partial charge on any atom is -0.344 e. The van der Waals surface area contributed by atoms with E-state index >= 15 is 0 Å². The number of aryl methyl sites for hydroxylation is 1. The van der Waals surface area contributed by atoms with Crippen LogP contribution in [-0.2, 0) is 6.54 Å². The van der Waals surface area contributed by atoms with Crippen molar-refractivity contribution < 1.29 is 4.79 Å². The SMILES string of the molecule is CCCn1cccc1C(=O)Nc1cccnc1Br. The molecule has 0 aromatic carbocycles. The number of amides is 1. The average molecular weight is 308 g/mol. The van der Waals surface area contributed by atoms with E-state index in [1.54, 1.807) is 12.3 Å². The van der Waals surface area contributed by atoms with E-state index in [0.29, 0.717) is 16.0 Å². The Morgan fingerprint density at radius 2 is 2.28 bits per heavy atom. The molecule has 2 aromatic heterocycles. The third kappa shape index (κ3) is 2.79. The number of rotatable bonds is 4. The number of halogens is 1. The van der Waals surface area contributed by atoms with Crippen molar-refractivity contribution in [2.45, 2.75) is 19.9 Å². The Kier molecular flexibility index (Phi) is 4.15. The first-order valence-electron chi connectivity index (χ1n) is 5.79. The molecule has 2 heterocycles. The summed E-state index contributed by atoms with van der Waals surface area (Å²) in [5, 5.41) is 2.84. The Morgan fingerprint density at radius 3 is 3.00 bits per heavy atom. The van der Waals surface area contributed by atoms with Crippen molar-refractivity contribution in [1.82, 2.24) is 9.55 Å². The average Bonchev–Trinajstić information content (AvgIpc) is 2.81. The van der Waals surface area contributed by atoms with Crippen LogP contribution in [0.25, 0.3) is 0 Å². The summed E-state index contributed by atoms with van der Waals surface area (Å²) in [5.74, 6) is -0.123. The number of nitrogens with zero attached hydrogens (tertiary/aromatic N) is 2. The summed E-state index contributed by atoms with van der Waals surface area (Å²) in [6.07, 6.45) is 4.57. The van der Waals surface area contributed by atoms with Crippen LogP contribution in [0.1, 0.15) is 23.8 Å². The van der Waals surface area contributed by atoms with Crippen molar-refractivity contribution in [2.75, 3.05) is 5.32 Å². The lowest BCUT2D eigenvalue weighted by Gasteiger charge is -2.09. The smallest absolute Gasteiger partial charge is 0.272 e. The molecular weight excluding hydrogens is 294 g/mol. The molecule has 4 nitrogen and oxygen atoms in total. The Labute approximate surface area is 114 Å². The second kappa shape index (κ2) is 5.82. The zero-order valence-electron chi connectivity index (χ0n) is 10.1. The van der Waals surface area contributed by atoms with Gasteiger partial charge in [-0.15, -0.1) is 0 Å². The van der Waals surface area contributed by atoms with Crippen molar-refractivity contribution in [3.8, 4) is 0 Å². The van der Waals surface area contributed by atoms with Gasteiger partial charge in [-0.2, -0.15) is 0 Å². The molecule has 2 aromatic rings. The van der Waals surface area contributed by atoms with Gasteiger partial charge in [0.05, 0.1) is 5.69 Å². The number of anilines is 1. The number of hydrogen-bond donors (Lipinski definition) is 1. The zero-order valence-corrected chi connectivity index (χ0v) is 11.6. The molecule has 0 atom stereocenters. The van der Waals surface area contributed by atoms with Gasteiger partial charge in [-0.25, -0.2) is 4.98 Å². The molecule has 18 heavy (non-hydrogen) atoms. The van der Waals surface area contributed by atoms with Crippen molar-refractivity contribution in [1.29, 1.82) is 0 Å². The van der Waals surface area contributed by atoms with E-state index < -0.39 is 0 Å². The van der Waals surface area contributed by atoms with Crippen LogP contribution in [0.2, 0.25) is 0 Å². The molecule has 0 fully saturated rings. The fourth-order valence-corrected chi connectivity index (χ4v) is 2.07. The molecule has 0 radical (unpaired) electrons. The summed E-state index contributed by atoms with van der Waals surface area (Å²) in [6, 6.07) is 7.28. The molecule has 2 rings (SSSR count). The highest BCUT2D eigenvalue weighted by Gasteiger charge is 2.12. The van der Waals surface area contributed by atoms with E-state index in [-0.39, 0.29) is 5.91 Å². The van der Waals surface area contributed by atoms with Gasteiger partial charge in [0.2, 0.25) is 0 Å². The minimum atomic E-state index is -0.123. The summed E-state index contributed by atoms with van der Waals surface area (Å²) in [5.41, 5.74) is 1.33. The van der Waals surface area contributed by atoms with E-state index in [1.807, 2.05) is 29.0 Å². The molecule has 1 amide bonds. The van der Waals surface area contributed by atoms with E-state index in [2.05, 4.69) is 33.2 Å². The van der Waals surface area contributed by atoms with Crippen molar-refractivity contribution in [2.24, 2.45) is 0 Å². The Hall–Kier alpha value is -1.62. The number of pyridine rings is 1. The molecule has 0 saturated carbocycles. The van der Waals surface area contributed by atoms with Crippen LogP contribution in [0, 0.1) is 0 Å². The molecule has 0 unspecified atom stereocenters. The van der Waals surface area contributed by atoms with Gasteiger partial charge in [0.1, 0.15) is 10.3 Å². The summed E-state index contributed by atoms with van der Waals surface area (Å²) in [6.45, 7) is 2.92. The highest BCUT2D eigenvalue weighted by atomic mass is 79.9. The maximum Gasteiger partial charge on any atom is 0.272 e. The van der Waals surface area contributed by atoms with E-state index in [1.165, 1.54) is 0 Å². The maximum atomic E-state index is 12.1. The van der Waals surface area contributed by atoms with Gasteiger partial charge >= 0.3 is 0 Å². The van der Waals surface area contributed by atoms with Crippen LogP contribution < -0.4 is 5.32 Å². The van der Waals surface area contributed by atoms with Crippen LogP contribution in [-0.4, -0.2) is 15.5 Å². The largest absolute Gasteiger partial charge is 0.344 e. The number of aromatic nitrogens is 2. The third-order valence-electron chi connectivity index (χ3n) is 2.53. The number of carbonyl (C=O) groups excluding carboxylic acids is 1. The Morgan fingerprint density at radius 1 is 1.44 bits per heavy atom. The molecule has 0 spiro atoms. The molecule has 1 N–H and O–H groups in total. The molecule has 0 aliphatic carbocycles. The van der Waals surface area contributed by atoms with Crippen LogP contribution in [0.3, 0.4) is 0 Å². The molecule has 0 saturated heterocycles. The van der Waals surface area contributed by atoms with Crippen LogP contribution in [0.15, 0.2) is 41.3 Å². The lowest BCUT2D eigenvalue weighted by molar-refractivity contribution is 0.101. The van der Waals surface area contributed by atoms with Gasteiger partial charge in [0.15, 0.2) is 0 Å². The summed E-state index contributed by atoms with van der Waals surface area (Å²) in [7, 11) is 0. The monoisotopic (exact) mass is 307 g/mol. The standard InChI is InChI=1S/C13H14BrN3O/c1-2-8-17-9-4-6-11(17)13(18)16-10-5-3-7-15-12(10)14/h3-7,9H,2,8H2,1H3,(H,16,18). The van der Waals surface area contributed by atoms with Gasteiger partial charge in [-0.05, 0) is 46.6 Å². The normalized spacial score (nSPS) is 10.3. The van der Waals surface area contributed by atoms with Crippen molar-refractivity contribution >= 4 is 27.5 Å². The first-order valence-corrected chi connectivity index (χ1v) is 6.58. The second-order valence-corrected chi connectivity index (χ2v) is 4.63. The number of hydrogen-bond acceptors (Lipinski definition) is 2. The molecular formula is C13H14BrN3O. The first-order chi connectivity index (χ1) is 8.72. The highest BCUT2D eigenvalue weighted by Crippen LogP contribution is 2.19. The molecule has 0 aliphatic heterocycles. The van der Waals surface area contributed by atoms with Gasteiger partial charge < -0.3 is 9.88 Å². The summed E-state index contributed by atoms with van der Waals surface area (Å²) in [4.78, 5) is 16.2. The third-order valence-corrected chi connectivity index (χ3v) is 3.17. The maximum absolute atomic E-state index is 12.1. The van der Waals surface area contributed by atoms with Crippen LogP contribution in [0.4, 0.5) is 5.69 Å². The highest BCUT2D eigenvalue weighted by molar-refractivity contribution is 9.10. The quantitative estimate of drug-likeness (QED) is 0.881. The fourth-order valence-electron chi connectivity index (χ4n) is 1.72. The lowest BCUT2D eigenvalue weighted by atomic mass is 10.3. The zero-order chi connectivity index (χ0) is 13.0. The predicted molar refractivity (Wildman–Crippen MR) is 74.6 cm³/mol. The second-order valence-electron chi connectivity index (χ2n) is 3.88. The first kappa shape index (κ1) is 12.8. The fraction of sp³-hybridized carbons (Fsp3) is 0.231. The topological polar surface area (TPSA) is 46.9 Å². The Balaban J connectivity index is 2.17. The summed E-state index contributed by atoms with van der Waals surface area (Å²) < 4.78 is 2.58. The van der Waals surface area contributed by atoms with Crippen LogP contribution >= 0.6 is 15.9 Å². The predicted octanol–water partition coefficient (Wildman–Crippen LogP) is 3.31. The number of nitrogens with one attached hydrogen (secondary N) is 1. The molecule has 0 aliphatic rings. The minimum absolute atomic E-state index is 0.123. The van der Waals surface area contributed by atoms with Crippen molar-refractivity contribution in [3.63, 3.8) is 0 Å². The number of carbonyl (C=O) groups is 1. The van der Waals surface area contributed by atoms with Gasteiger partial charge in [0, 0.05) is 18.9 Å². The summed E-state index contributed by atoms with van der Waals surface area (Å²) >= 11 is 3.30. The van der Waals surface area contributed by atoms with Crippen LogP contribution in [0.5, 0.6) is 0 Å². The Bertz CT molecular complexity index is 551. The molecule has 0 bridgehead atoms. The van der Waals surface area contributed by atoms with Gasteiger partial charge in [-0.1, -0.05) is 6.92 Å². The van der Waals surface area contributed by atoms with Gasteiger partial charge in [-0.3, -0.25) is 4.79 Å². The molecule has 94 valence electrons. The van der Waals surface area contributed by atoms with E-state index in [4.69, 9.17) is 0 Å².